The van der Waals surface area contributed by atoms with E-state index < -0.39 is 0 Å². The van der Waals surface area contributed by atoms with Crippen molar-refractivity contribution >= 4 is 22.6 Å². The van der Waals surface area contributed by atoms with Gasteiger partial charge in [-0.1, -0.05) is 0 Å². The van der Waals surface area contributed by atoms with Crippen molar-refractivity contribution in [3.05, 3.63) is 48.7 Å². The number of nitrogens with one attached hydrogen (secondary N) is 3. The van der Waals surface area contributed by atoms with Gasteiger partial charge in [-0.3, -0.25) is 4.98 Å². The van der Waals surface area contributed by atoms with Crippen LogP contribution in [0.5, 0.6) is 23.0 Å². The van der Waals surface area contributed by atoms with Gasteiger partial charge in [0.1, 0.15) is 11.5 Å². The Morgan fingerprint density at radius 2 is 1.57 bits per heavy atom. The summed E-state index contributed by atoms with van der Waals surface area (Å²) in [6.07, 6.45) is 3.42. The number of amides is 2. The van der Waals surface area contributed by atoms with Gasteiger partial charge in [-0.05, 0) is 76.9 Å². The highest BCUT2D eigenvalue weighted by molar-refractivity contribution is 5.90. The van der Waals surface area contributed by atoms with E-state index in [4.69, 9.17) is 14.2 Å². The molecule has 0 bridgehead atoms. The second-order valence-corrected chi connectivity index (χ2v) is 10.3. The predicted molar refractivity (Wildman–Crippen MR) is 138 cm³/mol. The average molecular weight is 479 g/mol. The standard InChI is InChI=1S/C27H34N4O4/c1-26(2)15-18(16-27(3,4)31-26)30-25(32)29-17-7-9-19(10-8-17)35-22-11-12-28-21-14-24(34-6)23(33-5)13-20(21)22/h7-14,18,31H,15-16H2,1-6H3,(H2,29,30,32). The van der Waals surface area contributed by atoms with Gasteiger partial charge in [0.05, 0.1) is 19.7 Å². The van der Waals surface area contributed by atoms with E-state index in [1.165, 1.54) is 0 Å². The van der Waals surface area contributed by atoms with Gasteiger partial charge < -0.3 is 30.2 Å². The van der Waals surface area contributed by atoms with E-state index in [2.05, 4.69) is 48.6 Å². The number of methoxy groups -OCH3 is 2. The van der Waals surface area contributed by atoms with E-state index in [1.54, 1.807) is 26.5 Å². The van der Waals surface area contributed by atoms with Gasteiger partial charge in [0.25, 0.3) is 0 Å². The molecule has 3 aromatic rings. The molecule has 3 N–H and O–H groups in total. The summed E-state index contributed by atoms with van der Waals surface area (Å²) in [5, 5.41) is 10.5. The van der Waals surface area contributed by atoms with Crippen LogP contribution < -0.4 is 30.2 Å². The molecule has 1 aromatic heterocycles. The van der Waals surface area contributed by atoms with Crippen LogP contribution in [0.15, 0.2) is 48.7 Å². The Balaban J connectivity index is 1.42. The number of anilines is 1. The highest BCUT2D eigenvalue weighted by Crippen LogP contribution is 2.37. The van der Waals surface area contributed by atoms with Crippen LogP contribution in [-0.4, -0.2) is 42.4 Å². The second-order valence-electron chi connectivity index (χ2n) is 10.3. The van der Waals surface area contributed by atoms with Crippen LogP contribution in [0, 0.1) is 0 Å². The summed E-state index contributed by atoms with van der Waals surface area (Å²) in [6.45, 7) is 8.66. The van der Waals surface area contributed by atoms with Crippen LogP contribution in [0.1, 0.15) is 40.5 Å². The van der Waals surface area contributed by atoms with Gasteiger partial charge in [0.2, 0.25) is 0 Å². The molecule has 35 heavy (non-hydrogen) atoms. The molecule has 2 aromatic carbocycles. The molecule has 0 aliphatic carbocycles. The molecule has 0 radical (unpaired) electrons. The van der Waals surface area contributed by atoms with Crippen molar-refractivity contribution in [1.82, 2.24) is 15.6 Å². The molecule has 8 nitrogen and oxygen atoms in total. The van der Waals surface area contributed by atoms with E-state index in [0.29, 0.717) is 28.7 Å². The van der Waals surface area contributed by atoms with Gasteiger partial charge in [0, 0.05) is 40.5 Å². The van der Waals surface area contributed by atoms with Gasteiger partial charge >= 0.3 is 6.03 Å². The molecule has 2 heterocycles. The van der Waals surface area contributed by atoms with Crippen molar-refractivity contribution in [3.63, 3.8) is 0 Å². The van der Waals surface area contributed by atoms with Crippen LogP contribution in [-0.2, 0) is 0 Å². The van der Waals surface area contributed by atoms with E-state index in [-0.39, 0.29) is 23.2 Å². The average Bonchev–Trinajstić information content (AvgIpc) is 2.77. The first-order valence-corrected chi connectivity index (χ1v) is 11.7. The largest absolute Gasteiger partial charge is 0.493 e. The smallest absolute Gasteiger partial charge is 0.319 e. The number of ether oxygens (including phenoxy) is 3. The number of hydrogen-bond acceptors (Lipinski definition) is 6. The quantitative estimate of drug-likeness (QED) is 0.435. The van der Waals surface area contributed by atoms with Crippen LogP contribution in [0.25, 0.3) is 10.9 Å². The lowest BCUT2D eigenvalue weighted by Crippen LogP contribution is -2.62. The third-order valence-electron chi connectivity index (χ3n) is 6.07. The third kappa shape index (κ3) is 5.95. The number of aromatic nitrogens is 1. The number of pyridine rings is 1. The molecule has 0 spiro atoms. The summed E-state index contributed by atoms with van der Waals surface area (Å²) in [6, 6.07) is 12.6. The van der Waals surface area contributed by atoms with Gasteiger partial charge in [-0.25, -0.2) is 4.79 Å². The van der Waals surface area contributed by atoms with E-state index >= 15 is 0 Å². The normalized spacial score (nSPS) is 17.0. The fourth-order valence-corrected chi connectivity index (χ4v) is 5.05. The Morgan fingerprint density at radius 1 is 0.943 bits per heavy atom. The monoisotopic (exact) mass is 478 g/mol. The van der Waals surface area contributed by atoms with Crippen molar-refractivity contribution in [2.45, 2.75) is 57.7 Å². The zero-order valence-electron chi connectivity index (χ0n) is 21.2. The lowest BCUT2D eigenvalue weighted by molar-refractivity contribution is 0.149. The third-order valence-corrected chi connectivity index (χ3v) is 6.07. The minimum absolute atomic E-state index is 0.0367. The van der Waals surface area contributed by atoms with E-state index in [9.17, 15) is 4.79 Å². The first-order valence-electron chi connectivity index (χ1n) is 11.7. The van der Waals surface area contributed by atoms with Crippen molar-refractivity contribution in [3.8, 4) is 23.0 Å². The summed E-state index contributed by atoms with van der Waals surface area (Å²) in [5.74, 6) is 2.49. The SMILES string of the molecule is COc1cc2nccc(Oc3ccc(NC(=O)NC4CC(C)(C)NC(C)(C)C4)cc3)c2cc1OC. The maximum atomic E-state index is 12.6. The Hall–Kier alpha value is -3.52. The first-order chi connectivity index (χ1) is 16.6. The lowest BCUT2D eigenvalue weighted by atomic mass is 9.80. The number of piperidine rings is 1. The molecule has 8 heteroatoms. The maximum Gasteiger partial charge on any atom is 0.319 e. The summed E-state index contributed by atoms with van der Waals surface area (Å²) in [4.78, 5) is 17.0. The molecule has 0 unspecified atom stereocenters. The molecule has 0 saturated carbocycles. The Bertz CT molecular complexity index is 1190. The molecular formula is C27H34N4O4. The number of nitrogens with zero attached hydrogens (tertiary/aromatic N) is 1. The number of carbonyl (C=O) groups excluding carboxylic acids is 1. The number of carbonyl (C=O) groups is 1. The summed E-state index contributed by atoms with van der Waals surface area (Å²) in [5.41, 5.74) is 1.35. The zero-order chi connectivity index (χ0) is 25.2. The summed E-state index contributed by atoms with van der Waals surface area (Å²) in [7, 11) is 3.18. The van der Waals surface area contributed by atoms with Crippen molar-refractivity contribution in [2.75, 3.05) is 19.5 Å². The molecule has 4 rings (SSSR count). The van der Waals surface area contributed by atoms with Crippen molar-refractivity contribution < 1.29 is 19.0 Å². The number of fused-ring (bicyclic) bond motifs is 1. The molecule has 1 aliphatic rings. The first kappa shape index (κ1) is 24.6. The molecule has 2 amide bonds. The highest BCUT2D eigenvalue weighted by atomic mass is 16.5. The molecule has 1 fully saturated rings. The van der Waals surface area contributed by atoms with Crippen molar-refractivity contribution in [1.29, 1.82) is 0 Å². The fraction of sp³-hybridized carbons (Fsp3) is 0.407. The number of urea groups is 1. The minimum atomic E-state index is -0.210. The van der Waals surface area contributed by atoms with Gasteiger partial charge in [-0.15, -0.1) is 0 Å². The topological polar surface area (TPSA) is 93.7 Å². The zero-order valence-corrected chi connectivity index (χ0v) is 21.2. The van der Waals surface area contributed by atoms with Gasteiger partial charge in [0.15, 0.2) is 11.5 Å². The lowest BCUT2D eigenvalue weighted by Gasteiger charge is -2.46. The van der Waals surface area contributed by atoms with Crippen molar-refractivity contribution in [2.24, 2.45) is 0 Å². The van der Waals surface area contributed by atoms with Crippen LogP contribution in [0.4, 0.5) is 10.5 Å². The molecule has 1 saturated heterocycles. The van der Waals surface area contributed by atoms with E-state index in [0.717, 1.165) is 23.7 Å². The molecular weight excluding hydrogens is 444 g/mol. The Labute approximate surface area is 206 Å². The molecule has 186 valence electrons. The molecule has 1 aliphatic heterocycles. The van der Waals surface area contributed by atoms with E-state index in [1.807, 2.05) is 36.4 Å². The minimum Gasteiger partial charge on any atom is -0.493 e. The second kappa shape index (κ2) is 9.62. The van der Waals surface area contributed by atoms with Crippen LogP contribution in [0.2, 0.25) is 0 Å². The summed E-state index contributed by atoms with van der Waals surface area (Å²) < 4.78 is 16.9. The molecule has 0 atom stereocenters. The highest BCUT2D eigenvalue weighted by Gasteiger charge is 2.38. The maximum absolute atomic E-state index is 12.6. The summed E-state index contributed by atoms with van der Waals surface area (Å²) >= 11 is 0. The number of benzene rings is 2. The van der Waals surface area contributed by atoms with Gasteiger partial charge in [-0.2, -0.15) is 0 Å². The number of rotatable bonds is 6. The van der Waals surface area contributed by atoms with Crippen LogP contribution in [0.3, 0.4) is 0 Å². The Kier molecular flexibility index (Phi) is 6.76. The Morgan fingerprint density at radius 3 is 2.20 bits per heavy atom. The number of hydrogen-bond donors (Lipinski definition) is 3. The fourth-order valence-electron chi connectivity index (χ4n) is 5.05. The van der Waals surface area contributed by atoms with Crippen LogP contribution >= 0.6 is 0 Å². The predicted octanol–water partition coefficient (Wildman–Crippen LogP) is 5.48.